The van der Waals surface area contributed by atoms with E-state index in [-0.39, 0.29) is 30.7 Å². The number of hydrogen-bond donors (Lipinski definition) is 2. The Morgan fingerprint density at radius 1 is 1.29 bits per heavy atom. The van der Waals surface area contributed by atoms with E-state index in [1.54, 1.807) is 0 Å². The van der Waals surface area contributed by atoms with Crippen LogP contribution in [0.1, 0.15) is 33.1 Å². The average molecular weight is 286 g/mol. The standard InChI is InChI=1S/C11H23N3O.2ClH/c1-3-14(4-2)9-5-8-13-10(15)11(12)6-7-11;;/h3-9,12H2,1-2H3,(H,13,15);2*1H. The largest absolute Gasteiger partial charge is 0.354 e. The molecule has 3 N–H and O–H groups in total. The van der Waals surface area contributed by atoms with Crippen molar-refractivity contribution in [3.8, 4) is 0 Å². The molecular weight excluding hydrogens is 261 g/mol. The second-order valence-corrected chi connectivity index (χ2v) is 4.29. The highest BCUT2D eigenvalue weighted by Gasteiger charge is 2.45. The van der Waals surface area contributed by atoms with Gasteiger partial charge in [0.1, 0.15) is 0 Å². The molecule has 1 amide bonds. The maximum atomic E-state index is 11.5. The second kappa shape index (κ2) is 8.97. The Labute approximate surface area is 117 Å². The van der Waals surface area contributed by atoms with Crippen LogP contribution in [0.5, 0.6) is 0 Å². The Bertz CT molecular complexity index is 219. The van der Waals surface area contributed by atoms with Gasteiger partial charge in [-0.1, -0.05) is 13.8 Å². The molecule has 1 fully saturated rings. The van der Waals surface area contributed by atoms with Crippen molar-refractivity contribution in [2.24, 2.45) is 5.73 Å². The normalized spacial score (nSPS) is 15.8. The molecule has 1 aliphatic carbocycles. The lowest BCUT2D eigenvalue weighted by atomic mass is 10.2. The van der Waals surface area contributed by atoms with Crippen LogP contribution in [0.15, 0.2) is 0 Å². The summed E-state index contributed by atoms with van der Waals surface area (Å²) >= 11 is 0. The lowest BCUT2D eigenvalue weighted by molar-refractivity contribution is -0.123. The van der Waals surface area contributed by atoms with Gasteiger partial charge in [-0.2, -0.15) is 0 Å². The van der Waals surface area contributed by atoms with E-state index in [9.17, 15) is 4.79 Å². The summed E-state index contributed by atoms with van der Waals surface area (Å²) in [7, 11) is 0. The minimum atomic E-state index is -0.519. The third-order valence-corrected chi connectivity index (χ3v) is 3.07. The van der Waals surface area contributed by atoms with Gasteiger partial charge >= 0.3 is 0 Å². The predicted octanol–water partition coefficient (Wildman–Crippen LogP) is 1.17. The van der Waals surface area contributed by atoms with Crippen molar-refractivity contribution in [1.29, 1.82) is 0 Å². The van der Waals surface area contributed by atoms with Crippen molar-refractivity contribution in [2.45, 2.75) is 38.6 Å². The molecular formula is C11H25Cl2N3O. The van der Waals surface area contributed by atoms with E-state index < -0.39 is 5.54 Å². The van der Waals surface area contributed by atoms with E-state index in [0.29, 0.717) is 0 Å². The summed E-state index contributed by atoms with van der Waals surface area (Å²) in [5.74, 6) is 0.0297. The molecule has 0 aromatic rings. The van der Waals surface area contributed by atoms with E-state index in [1.165, 1.54) is 0 Å². The first-order valence-electron chi connectivity index (χ1n) is 5.92. The predicted molar refractivity (Wildman–Crippen MR) is 76.1 cm³/mol. The highest BCUT2D eigenvalue weighted by atomic mass is 35.5. The van der Waals surface area contributed by atoms with E-state index >= 15 is 0 Å². The fourth-order valence-corrected chi connectivity index (χ4v) is 1.58. The van der Waals surface area contributed by atoms with Crippen molar-refractivity contribution in [3.05, 3.63) is 0 Å². The molecule has 0 unspecified atom stereocenters. The summed E-state index contributed by atoms with van der Waals surface area (Å²) < 4.78 is 0. The SMILES string of the molecule is CCN(CC)CCCNC(=O)C1(N)CC1.Cl.Cl. The highest BCUT2D eigenvalue weighted by molar-refractivity contribution is 5.88. The number of rotatable bonds is 7. The zero-order valence-electron chi connectivity index (χ0n) is 10.7. The molecule has 0 saturated heterocycles. The van der Waals surface area contributed by atoms with Gasteiger partial charge in [0.05, 0.1) is 5.54 Å². The lowest BCUT2D eigenvalue weighted by Gasteiger charge is -2.18. The van der Waals surface area contributed by atoms with E-state index in [4.69, 9.17) is 5.73 Å². The van der Waals surface area contributed by atoms with Crippen LogP contribution in [0.2, 0.25) is 0 Å². The van der Waals surface area contributed by atoms with Crippen LogP contribution in [-0.4, -0.2) is 42.5 Å². The molecule has 0 spiro atoms. The number of carbonyl (C=O) groups excluding carboxylic acids is 1. The number of nitrogens with zero attached hydrogens (tertiary/aromatic N) is 1. The maximum Gasteiger partial charge on any atom is 0.240 e. The summed E-state index contributed by atoms with van der Waals surface area (Å²) in [6, 6.07) is 0. The smallest absolute Gasteiger partial charge is 0.240 e. The van der Waals surface area contributed by atoms with Gasteiger partial charge in [-0.25, -0.2) is 0 Å². The van der Waals surface area contributed by atoms with Crippen LogP contribution >= 0.6 is 24.8 Å². The topological polar surface area (TPSA) is 58.4 Å². The number of carbonyl (C=O) groups is 1. The maximum absolute atomic E-state index is 11.5. The minimum absolute atomic E-state index is 0. The minimum Gasteiger partial charge on any atom is -0.354 e. The van der Waals surface area contributed by atoms with Gasteiger partial charge < -0.3 is 16.0 Å². The molecule has 1 saturated carbocycles. The summed E-state index contributed by atoms with van der Waals surface area (Å²) in [6.07, 6.45) is 2.69. The highest BCUT2D eigenvalue weighted by Crippen LogP contribution is 2.31. The van der Waals surface area contributed by atoms with Gasteiger partial charge in [-0.05, 0) is 38.9 Å². The molecule has 0 heterocycles. The fraction of sp³-hybridized carbons (Fsp3) is 0.909. The first-order valence-corrected chi connectivity index (χ1v) is 5.92. The molecule has 1 rings (SSSR count). The van der Waals surface area contributed by atoms with E-state index in [1.807, 2.05) is 0 Å². The van der Waals surface area contributed by atoms with Crippen LogP contribution in [0.3, 0.4) is 0 Å². The molecule has 0 radical (unpaired) electrons. The number of amides is 1. The van der Waals surface area contributed by atoms with Crippen LogP contribution < -0.4 is 11.1 Å². The zero-order valence-corrected chi connectivity index (χ0v) is 12.3. The second-order valence-electron chi connectivity index (χ2n) is 4.29. The van der Waals surface area contributed by atoms with Crippen molar-refractivity contribution in [3.63, 3.8) is 0 Å². The third-order valence-electron chi connectivity index (χ3n) is 3.07. The van der Waals surface area contributed by atoms with Gasteiger partial charge in [0.25, 0.3) is 0 Å². The van der Waals surface area contributed by atoms with Gasteiger partial charge in [-0.15, -0.1) is 24.8 Å². The first-order chi connectivity index (χ1) is 7.12. The first kappa shape index (κ1) is 19.3. The summed E-state index contributed by atoms with van der Waals surface area (Å²) in [5.41, 5.74) is 5.24. The molecule has 0 atom stereocenters. The quantitative estimate of drug-likeness (QED) is 0.691. The Morgan fingerprint density at radius 3 is 2.24 bits per heavy atom. The number of nitrogens with one attached hydrogen (secondary N) is 1. The lowest BCUT2D eigenvalue weighted by Crippen LogP contribution is -2.43. The van der Waals surface area contributed by atoms with Crippen molar-refractivity contribution in [1.82, 2.24) is 10.2 Å². The van der Waals surface area contributed by atoms with Gasteiger partial charge in [0, 0.05) is 6.54 Å². The Morgan fingerprint density at radius 2 is 1.82 bits per heavy atom. The molecule has 0 bridgehead atoms. The van der Waals surface area contributed by atoms with Crippen molar-refractivity contribution >= 4 is 30.7 Å². The third kappa shape index (κ3) is 6.46. The molecule has 4 nitrogen and oxygen atoms in total. The number of nitrogens with two attached hydrogens (primary N) is 1. The van der Waals surface area contributed by atoms with Gasteiger partial charge in [0.15, 0.2) is 0 Å². The van der Waals surface area contributed by atoms with Crippen LogP contribution in [-0.2, 0) is 4.79 Å². The fourth-order valence-electron chi connectivity index (χ4n) is 1.58. The van der Waals surface area contributed by atoms with Crippen LogP contribution in [0.4, 0.5) is 0 Å². The zero-order chi connectivity index (χ0) is 11.3. The Kier molecular flexibility index (Phi) is 10.2. The molecule has 0 aliphatic heterocycles. The molecule has 17 heavy (non-hydrogen) atoms. The van der Waals surface area contributed by atoms with Gasteiger partial charge in [0.2, 0.25) is 5.91 Å². The van der Waals surface area contributed by atoms with Crippen LogP contribution in [0.25, 0.3) is 0 Å². The summed E-state index contributed by atoms with van der Waals surface area (Å²) in [6.45, 7) is 8.25. The van der Waals surface area contributed by atoms with Crippen molar-refractivity contribution in [2.75, 3.05) is 26.2 Å². The van der Waals surface area contributed by atoms with E-state index in [2.05, 4.69) is 24.1 Å². The number of halogens is 2. The molecule has 1 aliphatic rings. The number of hydrogen-bond acceptors (Lipinski definition) is 3. The summed E-state index contributed by atoms with van der Waals surface area (Å²) in [4.78, 5) is 13.8. The molecule has 104 valence electrons. The van der Waals surface area contributed by atoms with E-state index in [0.717, 1.165) is 45.4 Å². The molecule has 0 aromatic heterocycles. The summed E-state index contributed by atoms with van der Waals surface area (Å²) in [5, 5.41) is 2.90. The molecule has 6 heteroatoms. The Hall–Kier alpha value is -0.0300. The van der Waals surface area contributed by atoms with Gasteiger partial charge in [-0.3, -0.25) is 4.79 Å². The monoisotopic (exact) mass is 285 g/mol. The van der Waals surface area contributed by atoms with Crippen LogP contribution in [0, 0.1) is 0 Å². The average Bonchev–Trinajstić information content (AvgIpc) is 2.98. The van der Waals surface area contributed by atoms with Crippen molar-refractivity contribution < 1.29 is 4.79 Å². The Balaban J connectivity index is 0. The molecule has 0 aromatic carbocycles.